The molecule has 0 atom stereocenters. The van der Waals surface area contributed by atoms with Gasteiger partial charge < -0.3 is 29.1 Å². The summed E-state index contributed by atoms with van der Waals surface area (Å²) in [5.74, 6) is 1.41. The van der Waals surface area contributed by atoms with Gasteiger partial charge in [-0.25, -0.2) is 98.7 Å². The number of halogens is 9. The second-order valence-electron chi connectivity index (χ2n) is 33.2. The van der Waals surface area contributed by atoms with Crippen molar-refractivity contribution in [1.29, 1.82) is 0 Å². The smallest absolute Gasteiger partial charge is 0.244 e. The molecule has 0 saturated carbocycles. The molecule has 0 unspecified atom stereocenters. The van der Waals surface area contributed by atoms with Gasteiger partial charge in [-0.05, 0) is 262 Å². The summed E-state index contributed by atoms with van der Waals surface area (Å²) in [6.45, 7) is 4.37. The number of hydrogen-bond acceptors (Lipinski definition) is 20. The van der Waals surface area contributed by atoms with Crippen LogP contribution in [0.5, 0.6) is 11.8 Å². The van der Waals surface area contributed by atoms with Gasteiger partial charge in [0.25, 0.3) is 0 Å². The average molecular weight is 1920 g/mol. The van der Waals surface area contributed by atoms with Gasteiger partial charge in [-0.1, -0.05) is 29.8 Å². The molecule has 28 nitrogen and oxygen atoms in total. The summed E-state index contributed by atoms with van der Waals surface area (Å²) in [6, 6.07) is 59.9. The van der Waals surface area contributed by atoms with E-state index in [4.69, 9.17) is 21.1 Å². The van der Waals surface area contributed by atoms with E-state index < -0.39 is 0 Å². The fourth-order valence-corrected chi connectivity index (χ4v) is 16.7. The molecule has 4 amide bonds. The van der Waals surface area contributed by atoms with Crippen LogP contribution in [0.2, 0.25) is 5.15 Å². The number of rotatable bonds is 21. The number of piperidine rings is 2. The average Bonchev–Trinajstić information content (AvgIpc) is 1.67. The Labute approximate surface area is 802 Å². The van der Waals surface area contributed by atoms with Crippen molar-refractivity contribution < 1.29 is 63.8 Å². The van der Waals surface area contributed by atoms with E-state index in [1.54, 1.807) is 144 Å². The first-order chi connectivity index (χ1) is 68.0. The first kappa shape index (κ1) is 95.5. The maximum atomic E-state index is 13.5. The van der Waals surface area contributed by atoms with Crippen LogP contribution in [0.4, 0.5) is 35.1 Å². The van der Waals surface area contributed by atoms with E-state index in [1.165, 1.54) is 124 Å². The molecule has 0 aliphatic carbocycles. The molecule has 16 aromatic rings. The summed E-state index contributed by atoms with van der Waals surface area (Å²) in [7, 11) is 3.12. The number of carbonyl (C=O) groups is 4. The molecule has 140 heavy (non-hydrogen) atoms. The van der Waals surface area contributed by atoms with E-state index in [0.717, 1.165) is 59.6 Å². The topological polar surface area (TPSA) is 300 Å². The lowest BCUT2D eigenvalue weighted by Crippen LogP contribution is -2.40. The van der Waals surface area contributed by atoms with E-state index in [0.29, 0.717) is 186 Å². The molecule has 0 bridgehead atoms. The molecule has 710 valence electrons. The van der Waals surface area contributed by atoms with Gasteiger partial charge in [-0.3, -0.25) is 24.2 Å². The Kier molecular flexibility index (Phi) is 30.2. The van der Waals surface area contributed by atoms with Crippen molar-refractivity contribution in [3.05, 3.63) is 342 Å². The van der Waals surface area contributed by atoms with Gasteiger partial charge in [-0.15, -0.1) is 20.4 Å². The van der Waals surface area contributed by atoms with Crippen LogP contribution in [0.15, 0.2) is 262 Å². The van der Waals surface area contributed by atoms with Crippen LogP contribution in [-0.4, -0.2) is 199 Å². The van der Waals surface area contributed by atoms with E-state index in [1.807, 2.05) is 46.2 Å². The second-order valence-corrected chi connectivity index (χ2v) is 33.5. The van der Waals surface area contributed by atoms with Gasteiger partial charge >= 0.3 is 0 Å². The van der Waals surface area contributed by atoms with Crippen LogP contribution in [0, 0.1) is 46.5 Å². The standard InChI is InChI=1S/C26H24F2N6O2.C26H22F2N6O2.C26H23F2N5O.C25H20ClF2N5O/c2*1-36-23-14-22(29-16-30-23)17-10-12-33(13-11-17)24(35)15-34-26(19-4-8-21(28)9-5-19)31-25(32-34)18-2-6-20(27)7-3-18;27-21-8-4-19(5-9-21)25-30-26(20-6-10-22(28)11-7-20)33(31-25)17-24(34)32-15-12-18(13-16-32)23-3-1-2-14-29-23;26-22-10-5-16-11-13-32(14-12-21(16)29-22)23(34)15-33-25(18-3-8-20(28)9-4-18)30-24(31-33)17-1-6-19(27)7-2-17/h2-9,14,16-17H,10-13,15H2,1H3;2-10,14,16H,11-13,15H2,1H3;1-11,14,18H,12-13,15-17H2;1-10H,11-15H2. The minimum Gasteiger partial charge on any atom is -0.481 e. The van der Waals surface area contributed by atoms with Crippen molar-refractivity contribution in [1.82, 2.24) is 109 Å². The monoisotopic (exact) mass is 1920 g/mol. The van der Waals surface area contributed by atoms with Crippen LogP contribution in [0.1, 0.15) is 72.3 Å². The van der Waals surface area contributed by atoms with Crippen molar-refractivity contribution in [2.75, 3.05) is 66.6 Å². The number of pyridine rings is 2. The van der Waals surface area contributed by atoms with Gasteiger partial charge in [0.1, 0.15) is 90.5 Å². The van der Waals surface area contributed by atoms with Crippen LogP contribution in [0.25, 0.3) is 96.7 Å². The highest BCUT2D eigenvalue weighted by atomic mass is 35.5. The van der Waals surface area contributed by atoms with E-state index in [2.05, 4.69) is 70.2 Å². The van der Waals surface area contributed by atoms with Crippen LogP contribution in [-0.2, 0) is 58.2 Å². The van der Waals surface area contributed by atoms with E-state index in [-0.39, 0.29) is 102 Å². The normalized spacial score (nSPS) is 13.8. The van der Waals surface area contributed by atoms with Gasteiger partial charge in [0.15, 0.2) is 46.6 Å². The number of nitrogens with zero attached hydrogens (tertiary/aromatic N) is 22. The summed E-state index contributed by atoms with van der Waals surface area (Å²) < 4.78 is 124. The van der Waals surface area contributed by atoms with Crippen molar-refractivity contribution in [2.24, 2.45) is 0 Å². The second kappa shape index (κ2) is 44.2. The largest absolute Gasteiger partial charge is 0.481 e. The molecule has 4 aliphatic rings. The lowest BCUT2D eigenvalue weighted by molar-refractivity contribution is -0.133. The number of aromatic nitrogens is 18. The number of hydrogen-bond donors (Lipinski definition) is 0. The molecule has 2 fully saturated rings. The van der Waals surface area contributed by atoms with Crippen LogP contribution >= 0.6 is 11.6 Å². The first-order valence-corrected chi connectivity index (χ1v) is 45.4. The number of carbonyl (C=O) groups excluding carboxylic acids is 4. The van der Waals surface area contributed by atoms with Gasteiger partial charge in [0, 0.05) is 145 Å². The third-order valence-electron chi connectivity index (χ3n) is 24.1. The lowest BCUT2D eigenvalue weighted by Gasteiger charge is -2.31. The summed E-state index contributed by atoms with van der Waals surface area (Å²) >= 11 is 6.03. The van der Waals surface area contributed by atoms with Crippen LogP contribution in [0.3, 0.4) is 0 Å². The Hall–Kier alpha value is -16.3. The first-order valence-electron chi connectivity index (χ1n) is 45.0. The minimum absolute atomic E-state index is 0.00909. The maximum Gasteiger partial charge on any atom is 0.244 e. The van der Waals surface area contributed by atoms with Crippen molar-refractivity contribution >= 4 is 40.8 Å². The highest BCUT2D eigenvalue weighted by Crippen LogP contribution is 2.35. The number of methoxy groups -OCH3 is 2. The van der Waals surface area contributed by atoms with E-state index in [9.17, 15) is 54.3 Å². The number of fused-ring (bicyclic) bond motifs is 1. The zero-order chi connectivity index (χ0) is 97.3. The Morgan fingerprint density at radius 3 is 1.01 bits per heavy atom. The Morgan fingerprint density at radius 1 is 0.336 bits per heavy atom. The van der Waals surface area contributed by atoms with Crippen molar-refractivity contribution in [2.45, 2.75) is 83.0 Å². The molecule has 0 N–H and O–H groups in total. The third kappa shape index (κ3) is 23.9. The summed E-state index contributed by atoms with van der Waals surface area (Å²) in [4.78, 5) is 104. The molecular weight excluding hydrogens is 1830 g/mol. The summed E-state index contributed by atoms with van der Waals surface area (Å²) in [5, 5.41) is 18.6. The highest BCUT2D eigenvalue weighted by molar-refractivity contribution is 6.29. The predicted octanol–water partition coefficient (Wildman–Crippen LogP) is 17.4. The molecule has 4 aliphatic heterocycles. The van der Waals surface area contributed by atoms with Gasteiger partial charge in [0.05, 0.1) is 25.6 Å². The summed E-state index contributed by atoms with van der Waals surface area (Å²) in [6.07, 6.45) is 11.9. The zero-order valence-corrected chi connectivity index (χ0v) is 76.4. The fraction of sp³-hybridized carbons (Fsp3) is 0.223. The minimum atomic E-state index is -0.378. The quantitative estimate of drug-likeness (QED) is 0.0477. The number of likely N-dealkylation sites (tertiary alicyclic amines) is 2. The molecule has 8 aromatic carbocycles. The van der Waals surface area contributed by atoms with Gasteiger partial charge in [-0.2, -0.15) is 0 Å². The SMILES string of the molecule is COc1cc(C2=CCN(C(=O)Cn3nc(-c4ccc(F)cc4)nc3-c3ccc(F)cc3)CC2)ncn1.COc1cc(C2CCN(C(=O)Cn3nc(-c4ccc(F)cc4)nc3-c3ccc(F)cc3)CC2)ncn1.O=C(Cn1nc(-c2ccc(F)cc2)nc1-c1ccc(F)cc1)N1CCC(c2ccccn2)CC1.O=C(Cn1nc(-c2ccc(F)cc2)nc1-c1ccc(F)cc1)N1CCc2ccc(Cl)nc2CC1. The Morgan fingerprint density at radius 2 is 0.664 bits per heavy atom. The molecule has 2 saturated heterocycles. The molecular formula is C103H89ClF8N22O6. The Balaban J connectivity index is 0.000000129. The lowest BCUT2D eigenvalue weighted by atomic mass is 9.93. The predicted molar refractivity (Wildman–Crippen MR) is 504 cm³/mol. The molecule has 20 rings (SSSR count). The van der Waals surface area contributed by atoms with Gasteiger partial charge in [0.2, 0.25) is 35.4 Å². The Bertz CT molecular complexity index is 7060. The molecule has 12 heterocycles. The maximum absolute atomic E-state index is 13.5. The van der Waals surface area contributed by atoms with Crippen molar-refractivity contribution in [3.8, 4) is 103 Å². The third-order valence-corrected chi connectivity index (χ3v) is 24.3. The number of ether oxygens (including phenoxy) is 2. The number of amides is 4. The molecule has 0 spiro atoms. The van der Waals surface area contributed by atoms with Crippen molar-refractivity contribution in [3.63, 3.8) is 0 Å². The molecule has 37 heteroatoms. The summed E-state index contributed by atoms with van der Waals surface area (Å²) in [5.41, 5.74) is 10.7. The van der Waals surface area contributed by atoms with Crippen LogP contribution < -0.4 is 9.47 Å². The molecule has 0 radical (unpaired) electrons. The van der Waals surface area contributed by atoms with E-state index >= 15 is 0 Å². The highest BCUT2D eigenvalue weighted by Gasteiger charge is 2.32. The molecule has 8 aromatic heterocycles. The zero-order valence-electron chi connectivity index (χ0n) is 75.6. The number of benzene rings is 8. The fourth-order valence-electron chi connectivity index (χ4n) is 16.6.